The third-order valence-corrected chi connectivity index (χ3v) is 4.49. The van der Waals surface area contributed by atoms with Crippen molar-refractivity contribution in [2.45, 2.75) is 39.5 Å². The molecule has 5 heteroatoms. The second-order valence-corrected chi connectivity index (χ2v) is 7.02. The molecule has 1 saturated heterocycles. The summed E-state index contributed by atoms with van der Waals surface area (Å²) in [7, 11) is 0. The Kier molecular flexibility index (Phi) is 6.35. The highest BCUT2D eigenvalue weighted by molar-refractivity contribution is 5.79. The second-order valence-electron chi connectivity index (χ2n) is 7.02. The van der Waals surface area contributed by atoms with Crippen LogP contribution in [0.3, 0.4) is 0 Å². The van der Waals surface area contributed by atoms with Crippen molar-refractivity contribution in [3.8, 4) is 0 Å². The topological polar surface area (TPSA) is 40.6 Å². The van der Waals surface area contributed by atoms with Gasteiger partial charge in [0.1, 0.15) is 5.82 Å². The fourth-order valence-corrected chi connectivity index (χ4v) is 2.98. The van der Waals surface area contributed by atoms with Crippen LogP contribution in [0.4, 0.5) is 4.39 Å². The molecule has 1 aliphatic rings. The molecule has 1 heterocycles. The lowest BCUT2D eigenvalue weighted by atomic mass is 9.97. The first kappa shape index (κ1) is 18.4. The summed E-state index contributed by atoms with van der Waals surface area (Å²) in [6.07, 6.45) is 0.973. The van der Waals surface area contributed by atoms with Crippen molar-refractivity contribution in [3.05, 3.63) is 35.6 Å². The number of piperazine rings is 1. The van der Waals surface area contributed by atoms with E-state index in [-0.39, 0.29) is 23.5 Å². The maximum atomic E-state index is 13.0. The molecule has 1 atom stereocenters. The van der Waals surface area contributed by atoms with Gasteiger partial charge in [-0.1, -0.05) is 32.9 Å². The minimum atomic E-state index is -0.264. The molecular formula is C19H27FN2O2. The van der Waals surface area contributed by atoms with Crippen molar-refractivity contribution in [1.82, 2.24) is 9.80 Å². The van der Waals surface area contributed by atoms with Crippen LogP contribution in [0.15, 0.2) is 24.3 Å². The smallest absolute Gasteiger partial charge is 0.223 e. The summed E-state index contributed by atoms with van der Waals surface area (Å²) in [5.74, 6) is 0.423. The maximum Gasteiger partial charge on any atom is 0.223 e. The van der Waals surface area contributed by atoms with Gasteiger partial charge in [-0.05, 0) is 29.5 Å². The molecule has 0 saturated carbocycles. The lowest BCUT2D eigenvalue weighted by Gasteiger charge is -2.35. The molecule has 24 heavy (non-hydrogen) atoms. The molecule has 4 nitrogen and oxygen atoms in total. The highest BCUT2D eigenvalue weighted by Crippen LogP contribution is 2.21. The monoisotopic (exact) mass is 334 g/mol. The Morgan fingerprint density at radius 3 is 1.83 bits per heavy atom. The molecule has 1 aromatic rings. The van der Waals surface area contributed by atoms with Gasteiger partial charge in [-0.2, -0.15) is 0 Å². The van der Waals surface area contributed by atoms with E-state index in [1.165, 1.54) is 12.1 Å². The van der Waals surface area contributed by atoms with Gasteiger partial charge in [0.05, 0.1) is 0 Å². The number of halogens is 1. The molecule has 0 bridgehead atoms. The van der Waals surface area contributed by atoms with E-state index in [0.717, 1.165) is 5.56 Å². The van der Waals surface area contributed by atoms with E-state index in [2.05, 4.69) is 0 Å². The molecule has 0 aromatic heterocycles. The minimum Gasteiger partial charge on any atom is -0.339 e. The molecule has 2 rings (SSSR count). The van der Waals surface area contributed by atoms with Crippen LogP contribution < -0.4 is 0 Å². The Labute approximate surface area is 143 Å². The standard InChI is InChI=1S/C19H27FN2O2/c1-14(2)12-18(23)21-8-10-22(11-9-21)19(24)13-15(3)16-4-6-17(20)7-5-16/h4-7,14-15H,8-13H2,1-3H3. The average Bonchev–Trinajstić information content (AvgIpc) is 2.54. The van der Waals surface area contributed by atoms with E-state index < -0.39 is 0 Å². The number of benzene rings is 1. The third-order valence-electron chi connectivity index (χ3n) is 4.49. The summed E-state index contributed by atoms with van der Waals surface area (Å²) in [5.41, 5.74) is 0.968. The van der Waals surface area contributed by atoms with Gasteiger partial charge in [-0.3, -0.25) is 9.59 Å². The number of rotatable bonds is 5. The Balaban J connectivity index is 1.82. The van der Waals surface area contributed by atoms with Crippen molar-refractivity contribution in [2.24, 2.45) is 5.92 Å². The lowest BCUT2D eigenvalue weighted by Crippen LogP contribution is -2.50. The van der Waals surface area contributed by atoms with Gasteiger partial charge in [0.2, 0.25) is 11.8 Å². The zero-order valence-electron chi connectivity index (χ0n) is 14.8. The Morgan fingerprint density at radius 1 is 0.917 bits per heavy atom. The molecule has 0 aliphatic carbocycles. The number of carbonyl (C=O) groups excluding carboxylic acids is 2. The predicted octanol–water partition coefficient (Wildman–Crippen LogP) is 3.04. The van der Waals surface area contributed by atoms with Crippen LogP contribution in [0.5, 0.6) is 0 Å². The van der Waals surface area contributed by atoms with Gasteiger partial charge in [0.15, 0.2) is 0 Å². The number of hydrogen-bond acceptors (Lipinski definition) is 2. The van der Waals surface area contributed by atoms with Crippen molar-refractivity contribution in [2.75, 3.05) is 26.2 Å². The first-order chi connectivity index (χ1) is 11.4. The Hall–Kier alpha value is -1.91. The third kappa shape index (κ3) is 5.05. The molecule has 0 N–H and O–H groups in total. The van der Waals surface area contributed by atoms with Gasteiger partial charge >= 0.3 is 0 Å². The van der Waals surface area contributed by atoms with Crippen LogP contribution in [0, 0.1) is 11.7 Å². The quantitative estimate of drug-likeness (QED) is 0.830. The summed E-state index contributed by atoms with van der Waals surface area (Å²) in [6.45, 7) is 8.47. The average molecular weight is 334 g/mol. The van der Waals surface area contributed by atoms with Crippen LogP contribution in [-0.4, -0.2) is 47.8 Å². The normalized spacial score (nSPS) is 16.4. The number of hydrogen-bond donors (Lipinski definition) is 0. The summed E-state index contributed by atoms with van der Waals surface area (Å²) in [6, 6.07) is 6.32. The van der Waals surface area contributed by atoms with Gasteiger partial charge in [0.25, 0.3) is 0 Å². The summed E-state index contributed by atoms with van der Waals surface area (Å²) >= 11 is 0. The fraction of sp³-hybridized carbons (Fsp3) is 0.579. The maximum absolute atomic E-state index is 13.0. The summed E-state index contributed by atoms with van der Waals surface area (Å²) < 4.78 is 13.0. The van der Waals surface area contributed by atoms with E-state index >= 15 is 0 Å². The SMILES string of the molecule is CC(C)CC(=O)N1CCN(C(=O)CC(C)c2ccc(F)cc2)CC1. The van der Waals surface area contributed by atoms with Gasteiger partial charge in [0, 0.05) is 39.0 Å². The van der Waals surface area contributed by atoms with Crippen molar-refractivity contribution in [1.29, 1.82) is 0 Å². The number of nitrogens with zero attached hydrogens (tertiary/aromatic N) is 2. The van der Waals surface area contributed by atoms with E-state index in [1.54, 1.807) is 12.1 Å². The van der Waals surface area contributed by atoms with Crippen LogP contribution in [0.2, 0.25) is 0 Å². The van der Waals surface area contributed by atoms with E-state index in [0.29, 0.717) is 44.9 Å². The molecule has 132 valence electrons. The molecular weight excluding hydrogens is 307 g/mol. The Morgan fingerprint density at radius 2 is 1.38 bits per heavy atom. The minimum absolute atomic E-state index is 0.0544. The largest absolute Gasteiger partial charge is 0.339 e. The molecule has 2 amide bonds. The molecule has 1 aromatic carbocycles. The zero-order chi connectivity index (χ0) is 17.7. The Bertz CT molecular complexity index is 563. The molecule has 0 radical (unpaired) electrons. The first-order valence-corrected chi connectivity index (χ1v) is 8.68. The molecule has 1 unspecified atom stereocenters. The van der Waals surface area contributed by atoms with E-state index in [1.807, 2.05) is 30.6 Å². The van der Waals surface area contributed by atoms with Crippen LogP contribution in [0.25, 0.3) is 0 Å². The summed E-state index contributed by atoms with van der Waals surface area (Å²) in [5, 5.41) is 0. The van der Waals surface area contributed by atoms with E-state index in [9.17, 15) is 14.0 Å². The summed E-state index contributed by atoms with van der Waals surface area (Å²) in [4.78, 5) is 28.2. The van der Waals surface area contributed by atoms with E-state index in [4.69, 9.17) is 0 Å². The highest BCUT2D eigenvalue weighted by atomic mass is 19.1. The van der Waals surface area contributed by atoms with Crippen LogP contribution in [0.1, 0.15) is 45.1 Å². The number of carbonyl (C=O) groups is 2. The fourth-order valence-electron chi connectivity index (χ4n) is 2.98. The van der Waals surface area contributed by atoms with Gasteiger partial charge < -0.3 is 9.80 Å². The molecule has 1 fully saturated rings. The second kappa shape index (κ2) is 8.27. The first-order valence-electron chi connectivity index (χ1n) is 8.68. The molecule has 1 aliphatic heterocycles. The van der Waals surface area contributed by atoms with Crippen molar-refractivity contribution >= 4 is 11.8 Å². The predicted molar refractivity (Wildman–Crippen MR) is 92.0 cm³/mol. The molecule has 0 spiro atoms. The van der Waals surface area contributed by atoms with Crippen molar-refractivity contribution < 1.29 is 14.0 Å². The van der Waals surface area contributed by atoms with Crippen molar-refractivity contribution in [3.63, 3.8) is 0 Å². The van der Waals surface area contributed by atoms with Gasteiger partial charge in [-0.25, -0.2) is 4.39 Å². The van der Waals surface area contributed by atoms with Crippen LogP contribution in [-0.2, 0) is 9.59 Å². The number of amides is 2. The van der Waals surface area contributed by atoms with Gasteiger partial charge in [-0.15, -0.1) is 0 Å². The van der Waals surface area contributed by atoms with Crippen LogP contribution >= 0.6 is 0 Å². The highest BCUT2D eigenvalue weighted by Gasteiger charge is 2.25. The zero-order valence-corrected chi connectivity index (χ0v) is 14.8. The lowest BCUT2D eigenvalue weighted by molar-refractivity contribution is -0.140.